The summed E-state index contributed by atoms with van der Waals surface area (Å²) in [5.74, 6) is 1.66. The smallest absolute Gasteiger partial charge is 0.271 e. The first-order chi connectivity index (χ1) is 12.2. The van der Waals surface area contributed by atoms with Gasteiger partial charge in [0.1, 0.15) is 17.3 Å². The maximum atomic E-state index is 12.0. The van der Waals surface area contributed by atoms with Crippen LogP contribution < -0.4 is 10.2 Å². The highest BCUT2D eigenvalue weighted by molar-refractivity contribution is 9.10. The van der Waals surface area contributed by atoms with Crippen LogP contribution in [0.15, 0.2) is 74.7 Å². The normalized spacial score (nSPS) is 10.8. The lowest BCUT2D eigenvalue weighted by Crippen LogP contribution is -2.17. The second-order valence-corrected chi connectivity index (χ2v) is 6.05. The van der Waals surface area contributed by atoms with Gasteiger partial charge in [0.25, 0.3) is 5.91 Å². The van der Waals surface area contributed by atoms with Gasteiger partial charge < -0.3 is 9.15 Å². The minimum atomic E-state index is -0.307. The van der Waals surface area contributed by atoms with Crippen molar-refractivity contribution in [1.29, 1.82) is 0 Å². The van der Waals surface area contributed by atoms with Gasteiger partial charge in [0.05, 0.1) is 13.3 Å². The first-order valence-corrected chi connectivity index (χ1v) is 8.28. The minimum absolute atomic E-state index is 0.307. The fourth-order valence-corrected chi connectivity index (χ4v) is 2.42. The van der Waals surface area contributed by atoms with E-state index in [-0.39, 0.29) is 5.91 Å². The van der Waals surface area contributed by atoms with Crippen LogP contribution in [0.25, 0.3) is 11.3 Å². The Morgan fingerprint density at radius 3 is 2.48 bits per heavy atom. The lowest BCUT2D eigenvalue weighted by atomic mass is 10.2. The van der Waals surface area contributed by atoms with E-state index in [9.17, 15) is 4.79 Å². The SMILES string of the molecule is COc1ccc(C(=O)N/N=C/c2ccc(-c3ccc(Br)cc3)o2)cc1. The Labute approximate surface area is 153 Å². The second kappa shape index (κ2) is 7.81. The van der Waals surface area contributed by atoms with Crippen molar-refractivity contribution in [1.82, 2.24) is 5.43 Å². The number of furan rings is 1. The Bertz CT molecular complexity index is 884. The zero-order valence-electron chi connectivity index (χ0n) is 13.4. The van der Waals surface area contributed by atoms with Crippen LogP contribution in [0.5, 0.6) is 5.75 Å². The molecule has 1 aromatic heterocycles. The predicted molar refractivity (Wildman–Crippen MR) is 99.9 cm³/mol. The van der Waals surface area contributed by atoms with Crippen LogP contribution >= 0.6 is 15.9 Å². The molecular formula is C19H15BrN2O3. The average molecular weight is 399 g/mol. The van der Waals surface area contributed by atoms with Crippen LogP contribution in [-0.2, 0) is 0 Å². The van der Waals surface area contributed by atoms with E-state index in [4.69, 9.17) is 9.15 Å². The van der Waals surface area contributed by atoms with Crippen molar-refractivity contribution in [3.8, 4) is 17.1 Å². The minimum Gasteiger partial charge on any atom is -0.497 e. The molecule has 0 bridgehead atoms. The number of rotatable bonds is 5. The summed E-state index contributed by atoms with van der Waals surface area (Å²) < 4.78 is 11.8. The van der Waals surface area contributed by atoms with Crippen LogP contribution in [0.4, 0.5) is 0 Å². The van der Waals surface area contributed by atoms with Crippen LogP contribution in [0.2, 0.25) is 0 Å². The maximum absolute atomic E-state index is 12.0. The van der Waals surface area contributed by atoms with Gasteiger partial charge in [-0.25, -0.2) is 5.43 Å². The number of amides is 1. The van der Waals surface area contributed by atoms with E-state index in [1.54, 1.807) is 37.4 Å². The summed E-state index contributed by atoms with van der Waals surface area (Å²) in [6.07, 6.45) is 1.46. The van der Waals surface area contributed by atoms with Gasteiger partial charge >= 0.3 is 0 Å². The summed E-state index contributed by atoms with van der Waals surface area (Å²) in [4.78, 5) is 12.0. The summed E-state index contributed by atoms with van der Waals surface area (Å²) in [5.41, 5.74) is 3.92. The van der Waals surface area contributed by atoms with Crippen LogP contribution in [-0.4, -0.2) is 19.2 Å². The van der Waals surface area contributed by atoms with Gasteiger partial charge in [0.2, 0.25) is 0 Å². The highest BCUT2D eigenvalue weighted by Crippen LogP contribution is 2.23. The van der Waals surface area contributed by atoms with Gasteiger partial charge in [-0.15, -0.1) is 0 Å². The second-order valence-electron chi connectivity index (χ2n) is 5.14. The quantitative estimate of drug-likeness (QED) is 0.508. The average Bonchev–Trinajstić information content (AvgIpc) is 3.11. The van der Waals surface area contributed by atoms with Crippen molar-refractivity contribution < 1.29 is 13.9 Å². The molecular weight excluding hydrogens is 384 g/mol. The van der Waals surface area contributed by atoms with E-state index in [2.05, 4.69) is 26.5 Å². The predicted octanol–water partition coefficient (Wildman–Crippen LogP) is 4.48. The summed E-state index contributed by atoms with van der Waals surface area (Å²) in [5, 5.41) is 3.92. The number of carbonyl (C=O) groups excluding carboxylic acids is 1. The molecule has 0 saturated heterocycles. The van der Waals surface area contributed by atoms with Gasteiger partial charge in [-0.1, -0.05) is 28.1 Å². The third-order valence-corrected chi connectivity index (χ3v) is 3.99. The molecule has 2 aromatic carbocycles. The van der Waals surface area contributed by atoms with Gasteiger partial charge in [0.15, 0.2) is 0 Å². The number of methoxy groups -OCH3 is 1. The van der Waals surface area contributed by atoms with Gasteiger partial charge in [-0.05, 0) is 48.5 Å². The number of halogens is 1. The van der Waals surface area contributed by atoms with E-state index in [1.165, 1.54) is 6.21 Å². The Balaban J connectivity index is 1.62. The molecule has 6 heteroatoms. The topological polar surface area (TPSA) is 63.8 Å². The molecule has 1 N–H and O–H groups in total. The van der Waals surface area contributed by atoms with Crippen LogP contribution in [0, 0.1) is 0 Å². The highest BCUT2D eigenvalue weighted by atomic mass is 79.9. The summed E-state index contributed by atoms with van der Waals surface area (Å²) in [6.45, 7) is 0. The molecule has 0 aliphatic heterocycles. The van der Waals surface area contributed by atoms with Gasteiger partial charge in [-0.2, -0.15) is 5.10 Å². The molecule has 25 heavy (non-hydrogen) atoms. The molecule has 0 unspecified atom stereocenters. The Morgan fingerprint density at radius 1 is 1.08 bits per heavy atom. The molecule has 0 aliphatic rings. The Hall–Kier alpha value is -2.86. The standard InChI is InChI=1S/C19H15BrN2O3/c1-24-16-8-4-14(5-9-16)19(23)22-21-12-17-10-11-18(25-17)13-2-6-15(20)7-3-13/h2-12H,1H3,(H,22,23)/b21-12+. The summed E-state index contributed by atoms with van der Waals surface area (Å²) in [7, 11) is 1.57. The first-order valence-electron chi connectivity index (χ1n) is 7.49. The maximum Gasteiger partial charge on any atom is 0.271 e. The molecule has 3 rings (SSSR count). The lowest BCUT2D eigenvalue weighted by molar-refractivity contribution is 0.0955. The molecule has 3 aromatic rings. The molecule has 0 saturated carbocycles. The van der Waals surface area contributed by atoms with E-state index in [1.807, 2.05) is 30.3 Å². The number of nitrogens with zero attached hydrogens (tertiary/aromatic N) is 1. The van der Waals surface area contributed by atoms with Crippen molar-refractivity contribution in [2.45, 2.75) is 0 Å². The number of hydrazone groups is 1. The molecule has 0 atom stereocenters. The molecule has 0 spiro atoms. The number of benzene rings is 2. The fraction of sp³-hybridized carbons (Fsp3) is 0.0526. The van der Waals surface area contributed by atoms with E-state index in [0.29, 0.717) is 17.1 Å². The van der Waals surface area contributed by atoms with Crippen molar-refractivity contribution >= 4 is 28.1 Å². The van der Waals surface area contributed by atoms with E-state index in [0.717, 1.165) is 15.8 Å². The molecule has 126 valence electrons. The molecule has 0 aliphatic carbocycles. The Kier molecular flexibility index (Phi) is 5.30. The van der Waals surface area contributed by atoms with Crippen LogP contribution in [0.1, 0.15) is 16.1 Å². The number of carbonyl (C=O) groups is 1. The monoisotopic (exact) mass is 398 g/mol. The van der Waals surface area contributed by atoms with Crippen molar-refractivity contribution in [2.24, 2.45) is 5.10 Å². The number of hydrogen-bond acceptors (Lipinski definition) is 4. The van der Waals surface area contributed by atoms with E-state index >= 15 is 0 Å². The fourth-order valence-electron chi connectivity index (χ4n) is 2.15. The third kappa shape index (κ3) is 4.36. The van der Waals surface area contributed by atoms with Crippen molar-refractivity contribution in [3.63, 3.8) is 0 Å². The molecule has 1 amide bonds. The van der Waals surface area contributed by atoms with E-state index < -0.39 is 0 Å². The summed E-state index contributed by atoms with van der Waals surface area (Å²) >= 11 is 3.40. The molecule has 0 radical (unpaired) electrons. The zero-order valence-corrected chi connectivity index (χ0v) is 15.0. The summed E-state index contributed by atoms with van der Waals surface area (Å²) in [6, 6.07) is 18.2. The van der Waals surface area contributed by atoms with Crippen molar-refractivity contribution in [3.05, 3.63) is 76.5 Å². The lowest BCUT2D eigenvalue weighted by Gasteiger charge is -2.01. The zero-order chi connectivity index (χ0) is 17.6. The third-order valence-electron chi connectivity index (χ3n) is 3.47. The molecule has 1 heterocycles. The number of ether oxygens (including phenoxy) is 1. The highest BCUT2D eigenvalue weighted by Gasteiger charge is 2.05. The van der Waals surface area contributed by atoms with Gasteiger partial charge in [0, 0.05) is 15.6 Å². The number of hydrogen-bond donors (Lipinski definition) is 1. The van der Waals surface area contributed by atoms with Crippen LogP contribution in [0.3, 0.4) is 0 Å². The molecule has 0 fully saturated rings. The largest absolute Gasteiger partial charge is 0.497 e. The van der Waals surface area contributed by atoms with Gasteiger partial charge in [-0.3, -0.25) is 4.79 Å². The molecule has 5 nitrogen and oxygen atoms in total. The Morgan fingerprint density at radius 2 is 1.80 bits per heavy atom. The first kappa shape index (κ1) is 17.0. The number of nitrogens with one attached hydrogen (secondary N) is 1. The van der Waals surface area contributed by atoms with Crippen molar-refractivity contribution in [2.75, 3.05) is 7.11 Å².